The smallest absolute Gasteiger partial charge is 0.193 e. The summed E-state index contributed by atoms with van der Waals surface area (Å²) in [7, 11) is 2.15. The molecule has 148 valence electrons. The summed E-state index contributed by atoms with van der Waals surface area (Å²) in [6, 6.07) is 8.76. The first-order valence-electron chi connectivity index (χ1n) is 10.3. The molecule has 0 aromatic heterocycles. The Balaban J connectivity index is 1.56. The number of anilines is 1. The number of nitrogens with one attached hydrogen (secondary N) is 1. The lowest BCUT2D eigenvalue weighted by Crippen LogP contribution is -2.40. The van der Waals surface area contributed by atoms with Crippen LogP contribution in [-0.4, -0.2) is 57.3 Å². The van der Waals surface area contributed by atoms with Crippen molar-refractivity contribution < 1.29 is 4.74 Å². The molecule has 0 aliphatic carbocycles. The Morgan fingerprint density at radius 1 is 1.26 bits per heavy atom. The fraction of sp³-hybridized carbons (Fsp3) is 0.591. The first-order valence-corrected chi connectivity index (χ1v) is 10.3. The fourth-order valence-corrected chi connectivity index (χ4v) is 3.69. The van der Waals surface area contributed by atoms with Crippen LogP contribution < -0.4 is 10.2 Å². The molecule has 0 unspecified atom stereocenters. The van der Waals surface area contributed by atoms with Gasteiger partial charge in [-0.1, -0.05) is 24.3 Å². The SMILES string of the molecule is CCNC(=NCc1cccc(N2CC=CC2)c1)N(C)CCC1CCOCC1. The Hall–Kier alpha value is -2.01. The van der Waals surface area contributed by atoms with E-state index in [0.717, 1.165) is 51.3 Å². The zero-order valence-corrected chi connectivity index (χ0v) is 16.9. The van der Waals surface area contributed by atoms with Crippen LogP contribution in [0, 0.1) is 5.92 Å². The van der Waals surface area contributed by atoms with Crippen LogP contribution in [0.15, 0.2) is 41.4 Å². The van der Waals surface area contributed by atoms with Crippen molar-refractivity contribution >= 4 is 11.6 Å². The molecule has 0 saturated carbocycles. The van der Waals surface area contributed by atoms with Crippen LogP contribution in [0.5, 0.6) is 0 Å². The molecule has 0 atom stereocenters. The minimum absolute atomic E-state index is 0.707. The van der Waals surface area contributed by atoms with E-state index < -0.39 is 0 Å². The van der Waals surface area contributed by atoms with Gasteiger partial charge in [-0.15, -0.1) is 0 Å². The monoisotopic (exact) mass is 370 g/mol. The average Bonchev–Trinajstić information content (AvgIpc) is 3.25. The predicted molar refractivity (Wildman–Crippen MR) is 113 cm³/mol. The number of benzene rings is 1. The minimum Gasteiger partial charge on any atom is -0.381 e. The van der Waals surface area contributed by atoms with Crippen molar-refractivity contribution in [2.24, 2.45) is 10.9 Å². The van der Waals surface area contributed by atoms with E-state index in [1.807, 2.05) is 0 Å². The summed E-state index contributed by atoms with van der Waals surface area (Å²) in [6.45, 7) is 8.61. The summed E-state index contributed by atoms with van der Waals surface area (Å²) in [6.07, 6.45) is 8.05. The van der Waals surface area contributed by atoms with Gasteiger partial charge in [0, 0.05) is 52.1 Å². The van der Waals surface area contributed by atoms with E-state index in [4.69, 9.17) is 9.73 Å². The van der Waals surface area contributed by atoms with Gasteiger partial charge >= 0.3 is 0 Å². The molecule has 5 heteroatoms. The highest BCUT2D eigenvalue weighted by Gasteiger charge is 2.15. The Kier molecular flexibility index (Phi) is 7.57. The van der Waals surface area contributed by atoms with Gasteiger partial charge in [-0.2, -0.15) is 0 Å². The lowest BCUT2D eigenvalue weighted by Gasteiger charge is -2.27. The Bertz CT molecular complexity index is 629. The molecule has 0 spiro atoms. The summed E-state index contributed by atoms with van der Waals surface area (Å²) in [5.74, 6) is 1.78. The summed E-state index contributed by atoms with van der Waals surface area (Å²) >= 11 is 0. The Morgan fingerprint density at radius 2 is 2.04 bits per heavy atom. The van der Waals surface area contributed by atoms with Crippen molar-refractivity contribution in [1.82, 2.24) is 10.2 Å². The largest absolute Gasteiger partial charge is 0.381 e. The third kappa shape index (κ3) is 5.99. The molecular formula is C22H34N4O. The van der Waals surface area contributed by atoms with E-state index in [9.17, 15) is 0 Å². The molecule has 0 bridgehead atoms. The molecule has 2 aliphatic rings. The molecule has 0 amide bonds. The van der Waals surface area contributed by atoms with Crippen LogP contribution in [0.3, 0.4) is 0 Å². The van der Waals surface area contributed by atoms with E-state index in [2.05, 4.69) is 65.5 Å². The van der Waals surface area contributed by atoms with Crippen LogP contribution in [0.25, 0.3) is 0 Å². The highest BCUT2D eigenvalue weighted by molar-refractivity contribution is 5.79. The second-order valence-corrected chi connectivity index (χ2v) is 7.48. The summed E-state index contributed by atoms with van der Waals surface area (Å²) < 4.78 is 5.47. The van der Waals surface area contributed by atoms with E-state index in [1.165, 1.54) is 30.5 Å². The number of hydrogen-bond acceptors (Lipinski definition) is 3. The fourth-order valence-electron chi connectivity index (χ4n) is 3.69. The van der Waals surface area contributed by atoms with Crippen molar-refractivity contribution in [2.75, 3.05) is 51.3 Å². The maximum absolute atomic E-state index is 5.47. The molecule has 27 heavy (non-hydrogen) atoms. The standard InChI is InChI=1S/C22H34N4O/c1-3-23-22(25(2)14-9-19-10-15-27-16-11-19)24-18-20-7-6-8-21(17-20)26-12-4-5-13-26/h4-8,17,19H,3,9-16,18H2,1-2H3,(H,23,24). The molecular weight excluding hydrogens is 336 g/mol. The van der Waals surface area contributed by atoms with Crippen molar-refractivity contribution in [3.8, 4) is 0 Å². The normalized spacial score (nSPS) is 18.1. The maximum Gasteiger partial charge on any atom is 0.193 e. The highest BCUT2D eigenvalue weighted by atomic mass is 16.5. The number of nitrogens with zero attached hydrogens (tertiary/aromatic N) is 3. The lowest BCUT2D eigenvalue weighted by molar-refractivity contribution is 0.0625. The van der Waals surface area contributed by atoms with Crippen LogP contribution in [-0.2, 0) is 11.3 Å². The number of hydrogen-bond donors (Lipinski definition) is 1. The van der Waals surface area contributed by atoms with Gasteiger partial charge in [-0.25, -0.2) is 4.99 Å². The first kappa shape index (κ1) is 19.7. The van der Waals surface area contributed by atoms with Gasteiger partial charge in [0.25, 0.3) is 0 Å². The van der Waals surface area contributed by atoms with E-state index in [-0.39, 0.29) is 0 Å². The Labute approximate surface area is 164 Å². The van der Waals surface area contributed by atoms with Crippen molar-refractivity contribution in [3.05, 3.63) is 42.0 Å². The molecule has 2 heterocycles. The molecule has 1 aromatic carbocycles. The van der Waals surface area contributed by atoms with Crippen LogP contribution >= 0.6 is 0 Å². The number of guanidine groups is 1. The second kappa shape index (κ2) is 10.4. The van der Waals surface area contributed by atoms with E-state index in [0.29, 0.717) is 6.54 Å². The molecule has 2 aliphatic heterocycles. The molecule has 1 aromatic rings. The van der Waals surface area contributed by atoms with Gasteiger partial charge < -0.3 is 19.9 Å². The summed E-state index contributed by atoms with van der Waals surface area (Å²) in [4.78, 5) is 9.53. The lowest BCUT2D eigenvalue weighted by atomic mass is 9.96. The first-order chi connectivity index (χ1) is 13.3. The average molecular weight is 371 g/mol. The van der Waals surface area contributed by atoms with Crippen molar-refractivity contribution in [3.63, 3.8) is 0 Å². The third-order valence-corrected chi connectivity index (χ3v) is 5.42. The molecule has 0 radical (unpaired) electrons. The van der Waals surface area contributed by atoms with Gasteiger partial charge in [-0.05, 0) is 49.8 Å². The van der Waals surface area contributed by atoms with Gasteiger partial charge in [0.05, 0.1) is 6.54 Å². The zero-order chi connectivity index (χ0) is 18.9. The molecule has 1 N–H and O–H groups in total. The van der Waals surface area contributed by atoms with Crippen molar-refractivity contribution in [1.29, 1.82) is 0 Å². The Morgan fingerprint density at radius 3 is 2.78 bits per heavy atom. The van der Waals surface area contributed by atoms with Gasteiger partial charge in [-0.3, -0.25) is 0 Å². The van der Waals surface area contributed by atoms with Crippen LogP contribution in [0.1, 0.15) is 31.7 Å². The number of rotatable bonds is 7. The number of ether oxygens (including phenoxy) is 1. The highest BCUT2D eigenvalue weighted by Crippen LogP contribution is 2.20. The summed E-state index contributed by atoms with van der Waals surface area (Å²) in [5.41, 5.74) is 2.54. The van der Waals surface area contributed by atoms with E-state index in [1.54, 1.807) is 0 Å². The summed E-state index contributed by atoms with van der Waals surface area (Å²) in [5, 5.41) is 3.44. The number of aliphatic imine (C=N–C) groups is 1. The molecule has 1 saturated heterocycles. The molecule has 5 nitrogen and oxygen atoms in total. The maximum atomic E-state index is 5.47. The van der Waals surface area contributed by atoms with E-state index >= 15 is 0 Å². The second-order valence-electron chi connectivity index (χ2n) is 7.48. The van der Waals surface area contributed by atoms with Gasteiger partial charge in [0.15, 0.2) is 5.96 Å². The molecule has 1 fully saturated rings. The quantitative estimate of drug-likeness (QED) is 0.454. The van der Waals surface area contributed by atoms with Gasteiger partial charge in [0.1, 0.15) is 0 Å². The van der Waals surface area contributed by atoms with Gasteiger partial charge in [0.2, 0.25) is 0 Å². The van der Waals surface area contributed by atoms with Crippen LogP contribution in [0.4, 0.5) is 5.69 Å². The van der Waals surface area contributed by atoms with Crippen molar-refractivity contribution in [2.45, 2.75) is 32.7 Å². The van der Waals surface area contributed by atoms with Crippen LogP contribution in [0.2, 0.25) is 0 Å². The predicted octanol–water partition coefficient (Wildman–Crippen LogP) is 3.28. The zero-order valence-electron chi connectivity index (χ0n) is 16.9. The minimum atomic E-state index is 0.707. The molecule has 3 rings (SSSR count). The third-order valence-electron chi connectivity index (χ3n) is 5.42. The topological polar surface area (TPSA) is 40.1 Å².